The predicted molar refractivity (Wildman–Crippen MR) is 62.1 cm³/mol. The van der Waals surface area contributed by atoms with Crippen LogP contribution >= 0.6 is 0 Å². The highest BCUT2D eigenvalue weighted by Crippen LogP contribution is 2.00. The van der Waals surface area contributed by atoms with E-state index in [2.05, 4.69) is 0 Å². The van der Waals surface area contributed by atoms with E-state index in [1.165, 1.54) is 6.08 Å². The van der Waals surface area contributed by atoms with E-state index in [9.17, 15) is 8.42 Å². The molecule has 1 aliphatic rings. The summed E-state index contributed by atoms with van der Waals surface area (Å²) in [7, 11) is -3.13. The van der Waals surface area contributed by atoms with Gasteiger partial charge in [-0.15, -0.1) is 0 Å². The van der Waals surface area contributed by atoms with Gasteiger partial charge in [-0.3, -0.25) is 5.41 Å². The highest BCUT2D eigenvalue weighted by molar-refractivity contribution is 7.90. The number of rotatable bonds is 3. The molecule has 92 valence electrons. The van der Waals surface area contributed by atoms with Crippen molar-refractivity contribution in [3.8, 4) is 0 Å². The molecule has 6 nitrogen and oxygen atoms in total. The second kappa shape index (κ2) is 5.31. The number of amidine groups is 1. The highest BCUT2D eigenvalue weighted by Gasteiger charge is 2.13. The summed E-state index contributed by atoms with van der Waals surface area (Å²) in [5.74, 6) is 0.0316. The summed E-state index contributed by atoms with van der Waals surface area (Å²) in [4.78, 5) is 1.80. The molecule has 16 heavy (non-hydrogen) atoms. The van der Waals surface area contributed by atoms with Gasteiger partial charge in [0.25, 0.3) is 0 Å². The lowest BCUT2D eigenvalue weighted by atomic mass is 10.3. The third-order valence-corrected chi connectivity index (χ3v) is 2.96. The number of hydrogen-bond donors (Lipinski definition) is 2. The average Bonchev–Trinajstić information content (AvgIpc) is 2.16. The molecule has 0 unspecified atom stereocenters. The van der Waals surface area contributed by atoms with Gasteiger partial charge in [-0.05, 0) is 6.08 Å². The van der Waals surface area contributed by atoms with Gasteiger partial charge in [0.15, 0.2) is 9.84 Å². The van der Waals surface area contributed by atoms with Crippen LogP contribution in [0.4, 0.5) is 0 Å². The van der Waals surface area contributed by atoms with Crippen LogP contribution in [0.3, 0.4) is 0 Å². The molecule has 0 radical (unpaired) electrons. The van der Waals surface area contributed by atoms with Gasteiger partial charge in [-0.2, -0.15) is 0 Å². The largest absolute Gasteiger partial charge is 0.401 e. The lowest BCUT2D eigenvalue weighted by Crippen LogP contribution is -2.40. The van der Waals surface area contributed by atoms with E-state index in [4.69, 9.17) is 15.9 Å². The Kier molecular flexibility index (Phi) is 4.31. The van der Waals surface area contributed by atoms with Crippen LogP contribution in [0.1, 0.15) is 0 Å². The molecular weight excluding hydrogens is 230 g/mol. The van der Waals surface area contributed by atoms with Crippen LogP contribution in [0.5, 0.6) is 0 Å². The van der Waals surface area contributed by atoms with Crippen molar-refractivity contribution in [1.82, 2.24) is 4.90 Å². The zero-order valence-corrected chi connectivity index (χ0v) is 10.1. The Morgan fingerprint density at radius 2 is 2.06 bits per heavy atom. The monoisotopic (exact) mass is 247 g/mol. The van der Waals surface area contributed by atoms with Crippen LogP contribution < -0.4 is 5.73 Å². The summed E-state index contributed by atoms with van der Waals surface area (Å²) in [5.41, 5.74) is 5.74. The van der Waals surface area contributed by atoms with Crippen LogP contribution in [-0.2, 0) is 14.6 Å². The van der Waals surface area contributed by atoms with E-state index in [-0.39, 0.29) is 17.3 Å². The van der Waals surface area contributed by atoms with Gasteiger partial charge in [-0.1, -0.05) is 0 Å². The maximum absolute atomic E-state index is 11.0. The molecule has 0 saturated carbocycles. The Bertz CT molecular complexity index is 383. The molecule has 0 amide bonds. The third-order valence-electron chi connectivity index (χ3n) is 2.10. The first kappa shape index (κ1) is 13.0. The quantitative estimate of drug-likeness (QED) is 0.502. The SMILES string of the molecule is CS(=O)(=O)C/C(N)=C/C(=N)N1CCOCC1. The van der Waals surface area contributed by atoms with E-state index in [0.29, 0.717) is 26.3 Å². The molecule has 0 aromatic carbocycles. The first-order valence-corrected chi connectivity index (χ1v) is 6.99. The molecule has 0 atom stereocenters. The molecule has 1 saturated heterocycles. The van der Waals surface area contributed by atoms with Crippen LogP contribution in [0.15, 0.2) is 11.8 Å². The van der Waals surface area contributed by atoms with Crippen molar-refractivity contribution in [3.05, 3.63) is 11.8 Å². The lowest BCUT2D eigenvalue weighted by molar-refractivity contribution is 0.0681. The smallest absolute Gasteiger partial charge is 0.153 e. The average molecular weight is 247 g/mol. The number of nitrogens with one attached hydrogen (secondary N) is 1. The molecule has 1 aliphatic heterocycles. The lowest BCUT2D eigenvalue weighted by Gasteiger charge is -2.27. The zero-order chi connectivity index (χ0) is 12.2. The molecular formula is C9H17N3O3S. The topological polar surface area (TPSA) is 96.5 Å². The summed E-state index contributed by atoms with van der Waals surface area (Å²) in [5, 5.41) is 7.74. The standard InChI is InChI=1S/C9H17N3O3S/c1-16(13,14)7-8(10)6-9(11)12-2-4-15-5-3-12/h6,11H,2-5,7,10H2,1H3/b8-6-,11-9?. The second-order valence-corrected chi connectivity index (χ2v) is 5.91. The van der Waals surface area contributed by atoms with Crippen molar-refractivity contribution in [2.75, 3.05) is 38.3 Å². The van der Waals surface area contributed by atoms with Gasteiger partial charge in [0, 0.05) is 25.0 Å². The number of nitrogens with two attached hydrogens (primary N) is 1. The molecule has 1 rings (SSSR count). The fourth-order valence-corrected chi connectivity index (χ4v) is 2.10. The van der Waals surface area contributed by atoms with Gasteiger partial charge in [0.05, 0.1) is 19.0 Å². The zero-order valence-electron chi connectivity index (χ0n) is 9.27. The number of morpholine rings is 1. The van der Waals surface area contributed by atoms with Crippen molar-refractivity contribution in [2.45, 2.75) is 0 Å². The molecule has 0 aromatic heterocycles. The molecule has 7 heteroatoms. The van der Waals surface area contributed by atoms with Crippen molar-refractivity contribution in [2.24, 2.45) is 5.73 Å². The fraction of sp³-hybridized carbons (Fsp3) is 0.667. The molecule has 0 spiro atoms. The first-order chi connectivity index (χ1) is 7.38. The van der Waals surface area contributed by atoms with Crippen molar-refractivity contribution < 1.29 is 13.2 Å². The van der Waals surface area contributed by atoms with Crippen LogP contribution in [-0.4, -0.2) is 57.5 Å². The predicted octanol–water partition coefficient (Wildman–Crippen LogP) is -0.817. The third kappa shape index (κ3) is 4.63. The molecule has 0 aliphatic carbocycles. The van der Waals surface area contributed by atoms with Gasteiger partial charge >= 0.3 is 0 Å². The number of nitrogens with zero attached hydrogens (tertiary/aromatic N) is 1. The number of ether oxygens (including phenoxy) is 1. The Hall–Kier alpha value is -1.08. The Morgan fingerprint density at radius 3 is 2.56 bits per heavy atom. The van der Waals surface area contributed by atoms with E-state index >= 15 is 0 Å². The van der Waals surface area contributed by atoms with Crippen LogP contribution in [0, 0.1) is 5.41 Å². The fourth-order valence-electron chi connectivity index (χ4n) is 1.42. The first-order valence-electron chi connectivity index (χ1n) is 4.93. The minimum atomic E-state index is -3.13. The highest BCUT2D eigenvalue weighted by atomic mass is 32.2. The maximum atomic E-state index is 11.0. The van der Waals surface area contributed by atoms with Gasteiger partial charge in [0.2, 0.25) is 0 Å². The maximum Gasteiger partial charge on any atom is 0.153 e. The minimum absolute atomic E-state index is 0.194. The summed E-state index contributed by atoms with van der Waals surface area (Å²) in [6, 6.07) is 0. The van der Waals surface area contributed by atoms with Crippen LogP contribution in [0.2, 0.25) is 0 Å². The number of sulfone groups is 1. The molecule has 1 heterocycles. The summed E-state index contributed by atoms with van der Waals surface area (Å²) < 4.78 is 27.1. The van der Waals surface area contributed by atoms with E-state index < -0.39 is 9.84 Å². The van der Waals surface area contributed by atoms with Crippen LogP contribution in [0.25, 0.3) is 0 Å². The van der Waals surface area contributed by atoms with E-state index in [1.54, 1.807) is 4.90 Å². The van der Waals surface area contributed by atoms with E-state index in [1.807, 2.05) is 0 Å². The van der Waals surface area contributed by atoms with Crippen molar-refractivity contribution in [1.29, 1.82) is 5.41 Å². The minimum Gasteiger partial charge on any atom is -0.401 e. The number of hydrogen-bond acceptors (Lipinski definition) is 5. The van der Waals surface area contributed by atoms with Gasteiger partial charge in [0.1, 0.15) is 5.84 Å². The Labute approximate surface area is 95.5 Å². The Balaban J connectivity index is 2.57. The molecule has 1 fully saturated rings. The van der Waals surface area contributed by atoms with Crippen molar-refractivity contribution >= 4 is 15.7 Å². The second-order valence-electron chi connectivity index (χ2n) is 3.77. The van der Waals surface area contributed by atoms with E-state index in [0.717, 1.165) is 6.26 Å². The summed E-state index contributed by atoms with van der Waals surface area (Å²) in [6.45, 7) is 2.45. The summed E-state index contributed by atoms with van der Waals surface area (Å²) >= 11 is 0. The summed E-state index contributed by atoms with van der Waals surface area (Å²) in [6.07, 6.45) is 2.51. The molecule has 3 N–H and O–H groups in total. The molecule has 0 aromatic rings. The molecule has 0 bridgehead atoms. The normalized spacial score (nSPS) is 18.6. The Morgan fingerprint density at radius 1 is 1.50 bits per heavy atom. The van der Waals surface area contributed by atoms with Gasteiger partial charge in [-0.25, -0.2) is 8.42 Å². The van der Waals surface area contributed by atoms with Crippen molar-refractivity contribution in [3.63, 3.8) is 0 Å². The van der Waals surface area contributed by atoms with Gasteiger partial charge < -0.3 is 15.4 Å².